The molecule has 0 spiro atoms. The second-order valence-corrected chi connectivity index (χ2v) is 5.95. The molecule has 0 aromatic heterocycles. The van der Waals surface area contributed by atoms with Crippen LogP contribution in [0.1, 0.15) is 19.3 Å². The summed E-state index contributed by atoms with van der Waals surface area (Å²) < 4.78 is 11.0. The Balaban J connectivity index is 1.59. The average molecular weight is 348 g/mol. The van der Waals surface area contributed by atoms with E-state index >= 15 is 0 Å². The monoisotopic (exact) mass is 348 g/mol. The lowest BCUT2D eigenvalue weighted by Crippen LogP contribution is -2.37. The molecule has 0 radical (unpaired) electrons. The molecular formula is C17H20N2O6. The Labute approximate surface area is 144 Å². The number of anilines is 1. The van der Waals surface area contributed by atoms with E-state index in [4.69, 9.17) is 14.6 Å². The minimum Gasteiger partial charge on any atom is -0.486 e. The van der Waals surface area contributed by atoms with Gasteiger partial charge in [-0.25, -0.2) is 0 Å². The zero-order valence-corrected chi connectivity index (χ0v) is 13.7. The number of carboxylic acids is 1. The predicted octanol–water partition coefficient (Wildman–Crippen LogP) is 0.792. The van der Waals surface area contributed by atoms with Gasteiger partial charge < -0.3 is 24.8 Å². The Morgan fingerprint density at radius 1 is 1.24 bits per heavy atom. The predicted molar refractivity (Wildman–Crippen MR) is 87.8 cm³/mol. The molecule has 8 nitrogen and oxygen atoms in total. The number of hydrogen-bond donors (Lipinski definition) is 2. The summed E-state index contributed by atoms with van der Waals surface area (Å²) in [5, 5.41) is 11.2. The number of nitrogens with zero attached hydrogens (tertiary/aromatic N) is 1. The number of carbonyl (C=O) groups is 3. The molecule has 2 aliphatic heterocycles. The third-order valence-electron chi connectivity index (χ3n) is 4.23. The summed E-state index contributed by atoms with van der Waals surface area (Å²) in [4.78, 5) is 36.7. The van der Waals surface area contributed by atoms with E-state index < -0.39 is 11.9 Å². The zero-order valence-electron chi connectivity index (χ0n) is 13.7. The zero-order chi connectivity index (χ0) is 17.8. The highest BCUT2D eigenvalue weighted by atomic mass is 16.6. The molecule has 3 rings (SSSR count). The van der Waals surface area contributed by atoms with Crippen LogP contribution in [0.5, 0.6) is 11.5 Å². The van der Waals surface area contributed by atoms with Crippen molar-refractivity contribution in [2.75, 3.05) is 31.2 Å². The van der Waals surface area contributed by atoms with Gasteiger partial charge in [0.05, 0.1) is 0 Å². The molecule has 1 unspecified atom stereocenters. The third-order valence-corrected chi connectivity index (χ3v) is 4.23. The lowest BCUT2D eigenvalue weighted by atomic mass is 10.1. The highest BCUT2D eigenvalue weighted by Crippen LogP contribution is 2.35. The number of benzene rings is 1. The van der Waals surface area contributed by atoms with Crippen molar-refractivity contribution in [3.8, 4) is 11.5 Å². The molecule has 2 amide bonds. The number of nitrogens with one attached hydrogen (secondary N) is 1. The van der Waals surface area contributed by atoms with Crippen molar-refractivity contribution in [2.24, 2.45) is 5.92 Å². The van der Waals surface area contributed by atoms with E-state index in [1.807, 2.05) is 0 Å². The van der Waals surface area contributed by atoms with E-state index in [0.717, 1.165) is 0 Å². The topological polar surface area (TPSA) is 105 Å². The molecule has 1 fully saturated rings. The first-order chi connectivity index (χ1) is 12.1. The first kappa shape index (κ1) is 17.1. The minimum absolute atomic E-state index is 0.0117. The number of amides is 2. The number of ether oxygens (including phenoxy) is 2. The SMILES string of the molecule is O=C(O)CCCNC(=O)C1CCN(c2ccc3c(c2)OCCO3)C1=O. The number of fused-ring (bicyclic) bond motifs is 1. The highest BCUT2D eigenvalue weighted by molar-refractivity contribution is 6.09. The fourth-order valence-corrected chi connectivity index (χ4v) is 2.95. The van der Waals surface area contributed by atoms with Crippen LogP contribution in [0, 0.1) is 5.92 Å². The summed E-state index contributed by atoms with van der Waals surface area (Å²) in [6.45, 7) is 1.66. The van der Waals surface area contributed by atoms with Gasteiger partial charge in [-0.1, -0.05) is 0 Å². The Morgan fingerprint density at radius 2 is 2.00 bits per heavy atom. The summed E-state index contributed by atoms with van der Waals surface area (Å²) in [5.41, 5.74) is 0.676. The summed E-state index contributed by atoms with van der Waals surface area (Å²) in [6.07, 6.45) is 0.758. The van der Waals surface area contributed by atoms with Crippen LogP contribution in [-0.4, -0.2) is 49.2 Å². The molecule has 1 aromatic rings. The average Bonchev–Trinajstić information content (AvgIpc) is 2.99. The van der Waals surface area contributed by atoms with Crippen molar-refractivity contribution >= 4 is 23.5 Å². The van der Waals surface area contributed by atoms with Crippen LogP contribution in [-0.2, 0) is 14.4 Å². The van der Waals surface area contributed by atoms with Gasteiger partial charge in [0, 0.05) is 31.3 Å². The lowest BCUT2D eigenvalue weighted by molar-refractivity contribution is -0.137. The van der Waals surface area contributed by atoms with E-state index in [0.29, 0.717) is 49.8 Å². The van der Waals surface area contributed by atoms with Gasteiger partial charge in [0.25, 0.3) is 0 Å². The molecule has 1 atom stereocenters. The second-order valence-electron chi connectivity index (χ2n) is 5.95. The molecule has 0 saturated carbocycles. The Hall–Kier alpha value is -2.77. The van der Waals surface area contributed by atoms with Crippen molar-refractivity contribution in [1.82, 2.24) is 5.32 Å². The van der Waals surface area contributed by atoms with Crippen molar-refractivity contribution in [1.29, 1.82) is 0 Å². The number of rotatable bonds is 6. The van der Waals surface area contributed by atoms with Crippen LogP contribution in [0.2, 0.25) is 0 Å². The minimum atomic E-state index is -0.907. The van der Waals surface area contributed by atoms with Crippen molar-refractivity contribution in [2.45, 2.75) is 19.3 Å². The molecular weight excluding hydrogens is 328 g/mol. The van der Waals surface area contributed by atoms with Gasteiger partial charge in [-0.15, -0.1) is 0 Å². The largest absolute Gasteiger partial charge is 0.486 e. The first-order valence-electron chi connectivity index (χ1n) is 8.27. The van der Waals surface area contributed by atoms with Crippen molar-refractivity contribution in [3.63, 3.8) is 0 Å². The summed E-state index contributed by atoms with van der Waals surface area (Å²) in [6, 6.07) is 5.29. The van der Waals surface area contributed by atoms with Crippen LogP contribution >= 0.6 is 0 Å². The van der Waals surface area contributed by atoms with E-state index in [1.54, 1.807) is 23.1 Å². The number of aliphatic carboxylic acids is 1. The molecule has 2 N–H and O–H groups in total. The number of hydrogen-bond acceptors (Lipinski definition) is 5. The molecule has 1 saturated heterocycles. The smallest absolute Gasteiger partial charge is 0.303 e. The van der Waals surface area contributed by atoms with Crippen LogP contribution in [0.15, 0.2) is 18.2 Å². The molecule has 25 heavy (non-hydrogen) atoms. The van der Waals surface area contributed by atoms with Crippen molar-refractivity contribution < 1.29 is 29.0 Å². The van der Waals surface area contributed by atoms with E-state index in [1.165, 1.54) is 0 Å². The fourth-order valence-electron chi connectivity index (χ4n) is 2.95. The van der Waals surface area contributed by atoms with Crippen LogP contribution in [0.25, 0.3) is 0 Å². The molecule has 0 bridgehead atoms. The standard InChI is InChI=1S/C17H20N2O6/c20-15(21)2-1-6-18-16(22)12-5-7-19(17(12)23)11-3-4-13-14(10-11)25-9-8-24-13/h3-4,10,12H,1-2,5-9H2,(H,18,22)(H,20,21). The summed E-state index contributed by atoms with van der Waals surface area (Å²) >= 11 is 0. The van der Waals surface area contributed by atoms with E-state index in [9.17, 15) is 14.4 Å². The van der Waals surface area contributed by atoms with Gasteiger partial charge in [-0.05, 0) is 25.0 Å². The van der Waals surface area contributed by atoms with Crippen molar-refractivity contribution in [3.05, 3.63) is 18.2 Å². The quantitative estimate of drug-likeness (QED) is 0.582. The van der Waals surface area contributed by atoms with Gasteiger partial charge in [-0.2, -0.15) is 0 Å². The van der Waals surface area contributed by atoms with Crippen LogP contribution in [0.4, 0.5) is 5.69 Å². The fraction of sp³-hybridized carbons (Fsp3) is 0.471. The Bertz CT molecular complexity index is 690. The molecule has 0 aliphatic carbocycles. The van der Waals surface area contributed by atoms with Gasteiger partial charge in [0.15, 0.2) is 11.5 Å². The van der Waals surface area contributed by atoms with E-state index in [-0.39, 0.29) is 24.8 Å². The molecule has 134 valence electrons. The normalized spacial score (nSPS) is 19.0. The number of carbonyl (C=O) groups excluding carboxylic acids is 2. The Morgan fingerprint density at radius 3 is 2.76 bits per heavy atom. The number of carboxylic acid groups (broad SMARTS) is 1. The van der Waals surface area contributed by atoms with Gasteiger partial charge in [-0.3, -0.25) is 14.4 Å². The molecule has 1 aromatic carbocycles. The third kappa shape index (κ3) is 3.84. The van der Waals surface area contributed by atoms with Crippen LogP contribution in [0.3, 0.4) is 0 Å². The maximum Gasteiger partial charge on any atom is 0.303 e. The maximum absolute atomic E-state index is 12.6. The van der Waals surface area contributed by atoms with E-state index in [2.05, 4.69) is 5.32 Å². The highest BCUT2D eigenvalue weighted by Gasteiger charge is 2.37. The summed E-state index contributed by atoms with van der Waals surface area (Å²) in [7, 11) is 0. The molecule has 2 aliphatic rings. The first-order valence-corrected chi connectivity index (χ1v) is 8.27. The summed E-state index contributed by atoms with van der Waals surface area (Å²) in [5.74, 6) is -1.01. The van der Waals surface area contributed by atoms with Gasteiger partial charge in [0.2, 0.25) is 11.8 Å². The van der Waals surface area contributed by atoms with Gasteiger partial charge >= 0.3 is 5.97 Å². The van der Waals surface area contributed by atoms with Crippen LogP contribution < -0.4 is 19.7 Å². The second kappa shape index (κ2) is 7.42. The Kier molecular flexibility index (Phi) is 5.06. The van der Waals surface area contributed by atoms with Gasteiger partial charge in [0.1, 0.15) is 19.1 Å². The lowest BCUT2D eigenvalue weighted by Gasteiger charge is -2.22. The molecule has 2 heterocycles. The maximum atomic E-state index is 12.6. The molecule has 8 heteroatoms.